The van der Waals surface area contributed by atoms with Crippen LogP contribution in [0.2, 0.25) is 0 Å². The van der Waals surface area contributed by atoms with Gasteiger partial charge in [-0.3, -0.25) is 0 Å². The molecular weight excluding hydrogens is 152 g/mol. The average molecular weight is 168 g/mol. The lowest BCUT2D eigenvalue weighted by Gasteiger charge is -2.03. The molecule has 1 rings (SSSR count). The van der Waals surface area contributed by atoms with E-state index in [4.69, 9.17) is 9.52 Å². The molecule has 12 heavy (non-hydrogen) atoms. The molecule has 1 atom stereocenters. The molecule has 0 radical (unpaired) electrons. The topological polar surface area (TPSA) is 33.4 Å². The molecule has 0 bridgehead atoms. The summed E-state index contributed by atoms with van der Waals surface area (Å²) in [4.78, 5) is 0. The van der Waals surface area contributed by atoms with Gasteiger partial charge in [0.05, 0.1) is 6.61 Å². The summed E-state index contributed by atoms with van der Waals surface area (Å²) in [5.74, 6) is 2.40. The van der Waals surface area contributed by atoms with E-state index < -0.39 is 0 Å². The first-order chi connectivity index (χ1) is 5.65. The molecule has 0 aromatic carbocycles. The van der Waals surface area contributed by atoms with Gasteiger partial charge in [-0.05, 0) is 12.1 Å². The van der Waals surface area contributed by atoms with Crippen molar-refractivity contribution >= 4 is 0 Å². The van der Waals surface area contributed by atoms with E-state index in [1.807, 2.05) is 19.1 Å². The first-order valence-electron chi connectivity index (χ1n) is 4.35. The van der Waals surface area contributed by atoms with Crippen molar-refractivity contribution in [3.63, 3.8) is 0 Å². The number of rotatable bonds is 3. The summed E-state index contributed by atoms with van der Waals surface area (Å²) in [5.41, 5.74) is 0. The van der Waals surface area contributed by atoms with Gasteiger partial charge in [-0.15, -0.1) is 0 Å². The van der Waals surface area contributed by atoms with Crippen LogP contribution in [-0.2, 0) is 0 Å². The Bertz CT molecular complexity index is 238. The Balaban J connectivity index is 2.77. The van der Waals surface area contributed by atoms with Crippen molar-refractivity contribution in [2.45, 2.75) is 32.6 Å². The molecule has 1 aromatic heterocycles. The van der Waals surface area contributed by atoms with E-state index in [1.54, 1.807) is 0 Å². The summed E-state index contributed by atoms with van der Waals surface area (Å²) in [6.07, 6.45) is 0. The normalized spacial score (nSPS) is 13.8. The third-order valence-electron chi connectivity index (χ3n) is 1.98. The van der Waals surface area contributed by atoms with Crippen LogP contribution in [0.25, 0.3) is 0 Å². The van der Waals surface area contributed by atoms with E-state index in [2.05, 4.69) is 13.8 Å². The minimum absolute atomic E-state index is 0.109. The van der Waals surface area contributed by atoms with E-state index in [0.717, 1.165) is 11.5 Å². The molecule has 1 aromatic rings. The second-order valence-electron chi connectivity index (χ2n) is 3.48. The molecule has 0 saturated carbocycles. The van der Waals surface area contributed by atoms with Crippen molar-refractivity contribution in [1.29, 1.82) is 0 Å². The number of aliphatic hydroxyl groups excluding tert-OH is 1. The molecule has 0 saturated heterocycles. The molecule has 0 aliphatic carbocycles. The monoisotopic (exact) mass is 168 g/mol. The Kier molecular flexibility index (Phi) is 2.93. The lowest BCUT2D eigenvalue weighted by Crippen LogP contribution is -1.96. The van der Waals surface area contributed by atoms with Crippen LogP contribution in [0, 0.1) is 0 Å². The molecule has 0 aliphatic heterocycles. The Morgan fingerprint density at radius 2 is 1.83 bits per heavy atom. The number of hydrogen-bond acceptors (Lipinski definition) is 2. The van der Waals surface area contributed by atoms with Crippen molar-refractivity contribution < 1.29 is 9.52 Å². The van der Waals surface area contributed by atoms with Crippen LogP contribution in [0.3, 0.4) is 0 Å². The first kappa shape index (κ1) is 9.33. The van der Waals surface area contributed by atoms with E-state index in [-0.39, 0.29) is 12.5 Å². The van der Waals surface area contributed by atoms with Gasteiger partial charge in [-0.1, -0.05) is 20.8 Å². The van der Waals surface area contributed by atoms with Crippen molar-refractivity contribution in [1.82, 2.24) is 0 Å². The zero-order valence-corrected chi connectivity index (χ0v) is 7.87. The third-order valence-corrected chi connectivity index (χ3v) is 1.98. The molecule has 68 valence electrons. The van der Waals surface area contributed by atoms with Gasteiger partial charge in [-0.25, -0.2) is 0 Å². The smallest absolute Gasteiger partial charge is 0.109 e. The largest absolute Gasteiger partial charge is 0.465 e. The SMILES string of the molecule is CC(C)c1ccc([C@@H](C)CO)o1. The highest BCUT2D eigenvalue weighted by Gasteiger charge is 2.10. The molecule has 0 unspecified atom stereocenters. The Morgan fingerprint density at radius 1 is 1.25 bits per heavy atom. The van der Waals surface area contributed by atoms with E-state index in [9.17, 15) is 0 Å². The summed E-state index contributed by atoms with van der Waals surface area (Å²) >= 11 is 0. The van der Waals surface area contributed by atoms with Crippen LogP contribution < -0.4 is 0 Å². The Labute approximate surface area is 73.2 Å². The molecule has 2 heteroatoms. The lowest BCUT2D eigenvalue weighted by atomic mass is 10.1. The standard InChI is InChI=1S/C10H16O2/c1-7(2)9-4-5-10(12-9)8(3)6-11/h4-5,7-8,11H,6H2,1-3H3/t8-/m0/s1. The van der Waals surface area contributed by atoms with Gasteiger partial charge in [0.25, 0.3) is 0 Å². The minimum atomic E-state index is 0.109. The second kappa shape index (κ2) is 3.76. The average Bonchev–Trinajstić information content (AvgIpc) is 2.51. The van der Waals surface area contributed by atoms with Crippen molar-refractivity contribution in [3.8, 4) is 0 Å². The van der Waals surface area contributed by atoms with Gasteiger partial charge in [0.15, 0.2) is 0 Å². The van der Waals surface area contributed by atoms with Crippen LogP contribution in [0.5, 0.6) is 0 Å². The van der Waals surface area contributed by atoms with Gasteiger partial charge < -0.3 is 9.52 Å². The summed E-state index contributed by atoms with van der Waals surface area (Å²) in [6, 6.07) is 3.92. The minimum Gasteiger partial charge on any atom is -0.465 e. The lowest BCUT2D eigenvalue weighted by molar-refractivity contribution is 0.255. The third kappa shape index (κ3) is 1.89. The van der Waals surface area contributed by atoms with E-state index in [1.165, 1.54) is 0 Å². The van der Waals surface area contributed by atoms with Crippen LogP contribution >= 0.6 is 0 Å². The molecule has 2 nitrogen and oxygen atoms in total. The van der Waals surface area contributed by atoms with Crippen molar-refractivity contribution in [3.05, 3.63) is 23.7 Å². The fourth-order valence-electron chi connectivity index (χ4n) is 1.03. The van der Waals surface area contributed by atoms with Crippen molar-refractivity contribution in [2.75, 3.05) is 6.61 Å². The predicted octanol–water partition coefficient (Wildman–Crippen LogP) is 2.50. The second-order valence-corrected chi connectivity index (χ2v) is 3.48. The fourth-order valence-corrected chi connectivity index (χ4v) is 1.03. The van der Waals surface area contributed by atoms with Crippen LogP contribution in [0.4, 0.5) is 0 Å². The number of hydrogen-bond donors (Lipinski definition) is 1. The molecular formula is C10H16O2. The number of aliphatic hydroxyl groups is 1. The van der Waals surface area contributed by atoms with E-state index >= 15 is 0 Å². The molecule has 0 aliphatic rings. The van der Waals surface area contributed by atoms with Gasteiger partial charge >= 0.3 is 0 Å². The summed E-state index contributed by atoms with van der Waals surface area (Å²) < 4.78 is 5.54. The zero-order chi connectivity index (χ0) is 9.14. The van der Waals surface area contributed by atoms with Gasteiger partial charge in [0.1, 0.15) is 11.5 Å². The maximum absolute atomic E-state index is 8.88. The van der Waals surface area contributed by atoms with Crippen LogP contribution in [-0.4, -0.2) is 11.7 Å². The van der Waals surface area contributed by atoms with Crippen LogP contribution in [0.15, 0.2) is 16.5 Å². The Morgan fingerprint density at radius 3 is 2.25 bits per heavy atom. The maximum Gasteiger partial charge on any atom is 0.109 e. The highest BCUT2D eigenvalue weighted by Crippen LogP contribution is 2.22. The molecule has 1 N–H and O–H groups in total. The highest BCUT2D eigenvalue weighted by atomic mass is 16.3. The van der Waals surface area contributed by atoms with E-state index in [0.29, 0.717) is 5.92 Å². The van der Waals surface area contributed by atoms with Gasteiger partial charge in [-0.2, -0.15) is 0 Å². The molecule has 1 heterocycles. The van der Waals surface area contributed by atoms with Crippen LogP contribution in [0.1, 0.15) is 44.1 Å². The number of furan rings is 1. The zero-order valence-electron chi connectivity index (χ0n) is 7.87. The predicted molar refractivity (Wildman–Crippen MR) is 48.3 cm³/mol. The summed E-state index contributed by atoms with van der Waals surface area (Å²) in [5, 5.41) is 8.88. The Hall–Kier alpha value is -0.760. The summed E-state index contributed by atoms with van der Waals surface area (Å²) in [7, 11) is 0. The quantitative estimate of drug-likeness (QED) is 0.752. The van der Waals surface area contributed by atoms with Gasteiger partial charge in [0.2, 0.25) is 0 Å². The maximum atomic E-state index is 8.88. The molecule has 0 fully saturated rings. The summed E-state index contributed by atoms with van der Waals surface area (Å²) in [6.45, 7) is 6.27. The molecule has 0 amide bonds. The van der Waals surface area contributed by atoms with Crippen molar-refractivity contribution in [2.24, 2.45) is 0 Å². The highest BCUT2D eigenvalue weighted by molar-refractivity contribution is 5.12. The van der Waals surface area contributed by atoms with Gasteiger partial charge in [0, 0.05) is 11.8 Å². The fraction of sp³-hybridized carbons (Fsp3) is 0.600. The molecule has 0 spiro atoms. The first-order valence-corrected chi connectivity index (χ1v) is 4.35.